The highest BCUT2D eigenvalue weighted by molar-refractivity contribution is 9.10. The number of carboxylic acid groups (broad SMARTS) is 1. The monoisotopic (exact) mass is 365 g/mol. The van der Waals surface area contributed by atoms with Gasteiger partial charge in [0, 0.05) is 12.5 Å². The first-order chi connectivity index (χ1) is 10.6. The third-order valence-electron chi connectivity index (χ3n) is 3.19. The van der Waals surface area contributed by atoms with Crippen LogP contribution < -0.4 is 5.32 Å². The van der Waals surface area contributed by atoms with Crippen LogP contribution in [-0.2, 0) is 11.2 Å². The Hall–Kier alpha value is -2.08. The summed E-state index contributed by atoms with van der Waals surface area (Å²) in [6, 6.07) is 11.0. The topological polar surface area (TPSA) is 79.5 Å². The molecule has 0 saturated heterocycles. The summed E-state index contributed by atoms with van der Waals surface area (Å²) in [7, 11) is 0. The van der Waals surface area contributed by atoms with Crippen molar-refractivity contribution in [2.45, 2.75) is 25.3 Å². The van der Waals surface area contributed by atoms with Crippen LogP contribution in [0.4, 0.5) is 0 Å². The number of nitrogens with one attached hydrogen (secondary N) is 1. The van der Waals surface area contributed by atoms with E-state index in [1.807, 2.05) is 30.3 Å². The molecule has 0 radical (unpaired) electrons. The Kier molecular flexibility index (Phi) is 5.77. The minimum Gasteiger partial charge on any atom is -0.481 e. The Balaban J connectivity index is 2.05. The first kappa shape index (κ1) is 16.3. The van der Waals surface area contributed by atoms with Crippen molar-refractivity contribution in [1.82, 2.24) is 5.32 Å². The van der Waals surface area contributed by atoms with Crippen LogP contribution >= 0.6 is 15.9 Å². The van der Waals surface area contributed by atoms with E-state index in [0.29, 0.717) is 17.3 Å². The summed E-state index contributed by atoms with van der Waals surface area (Å²) < 4.78 is 5.70. The van der Waals surface area contributed by atoms with Gasteiger partial charge in [0.05, 0.1) is 10.7 Å². The first-order valence-corrected chi connectivity index (χ1v) is 7.65. The van der Waals surface area contributed by atoms with Gasteiger partial charge in [-0.05, 0) is 40.4 Å². The van der Waals surface area contributed by atoms with Gasteiger partial charge in [-0.15, -0.1) is 0 Å². The molecule has 0 aliphatic heterocycles. The van der Waals surface area contributed by atoms with Crippen molar-refractivity contribution in [3.8, 4) is 0 Å². The third-order valence-corrected chi connectivity index (χ3v) is 3.81. The van der Waals surface area contributed by atoms with E-state index in [4.69, 9.17) is 9.52 Å². The Bertz CT molecular complexity index is 639. The van der Waals surface area contributed by atoms with Crippen LogP contribution in [-0.4, -0.2) is 23.0 Å². The highest BCUT2D eigenvalue weighted by atomic mass is 79.9. The van der Waals surface area contributed by atoms with Crippen molar-refractivity contribution in [1.29, 1.82) is 0 Å². The van der Waals surface area contributed by atoms with Crippen molar-refractivity contribution in [3.63, 3.8) is 0 Å². The highest BCUT2D eigenvalue weighted by Gasteiger charge is 2.19. The SMILES string of the molecule is O=C(O)CCC(Cc1ccccc1)NC(=O)c1occc1Br. The summed E-state index contributed by atoms with van der Waals surface area (Å²) in [4.78, 5) is 23.0. The standard InChI is InChI=1S/C16H16BrNO4/c17-13-8-9-22-15(13)16(21)18-12(6-7-14(19)20)10-11-4-2-1-3-5-11/h1-5,8-9,12H,6-7,10H2,(H,18,21)(H,19,20). The van der Waals surface area contributed by atoms with Crippen LogP contribution in [0.3, 0.4) is 0 Å². The smallest absolute Gasteiger partial charge is 0.303 e. The van der Waals surface area contributed by atoms with Gasteiger partial charge in [-0.1, -0.05) is 30.3 Å². The van der Waals surface area contributed by atoms with Gasteiger partial charge in [-0.2, -0.15) is 0 Å². The quantitative estimate of drug-likeness (QED) is 0.789. The second-order valence-corrected chi connectivity index (χ2v) is 5.74. The number of furan rings is 1. The van der Waals surface area contributed by atoms with E-state index in [1.54, 1.807) is 6.07 Å². The number of carboxylic acids is 1. The average Bonchev–Trinajstić information content (AvgIpc) is 2.92. The number of hydrogen-bond acceptors (Lipinski definition) is 3. The van der Waals surface area contributed by atoms with Gasteiger partial charge >= 0.3 is 5.97 Å². The molecule has 0 saturated carbocycles. The number of benzene rings is 1. The van der Waals surface area contributed by atoms with E-state index in [-0.39, 0.29) is 24.1 Å². The maximum atomic E-state index is 12.2. The lowest BCUT2D eigenvalue weighted by molar-refractivity contribution is -0.137. The van der Waals surface area contributed by atoms with Gasteiger partial charge in [0.25, 0.3) is 5.91 Å². The molecule has 0 aliphatic rings. The molecule has 0 aliphatic carbocycles. The van der Waals surface area contributed by atoms with Crippen molar-refractivity contribution < 1.29 is 19.1 Å². The summed E-state index contributed by atoms with van der Waals surface area (Å²) in [6.07, 6.45) is 2.34. The maximum Gasteiger partial charge on any atom is 0.303 e. The van der Waals surface area contributed by atoms with Crippen molar-refractivity contribution >= 4 is 27.8 Å². The molecule has 1 atom stereocenters. The van der Waals surface area contributed by atoms with Crippen LogP contribution in [0, 0.1) is 0 Å². The molecule has 22 heavy (non-hydrogen) atoms. The fraction of sp³-hybridized carbons (Fsp3) is 0.250. The van der Waals surface area contributed by atoms with Crippen LogP contribution in [0.5, 0.6) is 0 Å². The van der Waals surface area contributed by atoms with E-state index in [9.17, 15) is 9.59 Å². The summed E-state index contributed by atoms with van der Waals surface area (Å²) in [5.41, 5.74) is 1.04. The van der Waals surface area contributed by atoms with Crippen LogP contribution in [0.15, 0.2) is 51.6 Å². The number of carbonyl (C=O) groups excluding carboxylic acids is 1. The van der Waals surface area contributed by atoms with E-state index in [1.165, 1.54) is 6.26 Å². The molecule has 5 nitrogen and oxygen atoms in total. The highest BCUT2D eigenvalue weighted by Crippen LogP contribution is 2.18. The zero-order chi connectivity index (χ0) is 15.9. The number of amides is 1. The van der Waals surface area contributed by atoms with Gasteiger partial charge in [0.2, 0.25) is 5.76 Å². The molecule has 2 aromatic rings. The van der Waals surface area contributed by atoms with Gasteiger partial charge < -0.3 is 14.8 Å². The number of hydrogen-bond donors (Lipinski definition) is 2. The Labute approximate surface area is 136 Å². The lowest BCUT2D eigenvalue weighted by Gasteiger charge is -2.17. The molecular formula is C16H16BrNO4. The molecule has 0 spiro atoms. The van der Waals surface area contributed by atoms with Gasteiger partial charge in [0.1, 0.15) is 0 Å². The fourth-order valence-electron chi connectivity index (χ4n) is 2.13. The fourth-order valence-corrected chi connectivity index (χ4v) is 2.51. The zero-order valence-corrected chi connectivity index (χ0v) is 13.4. The third kappa shape index (κ3) is 4.73. The largest absolute Gasteiger partial charge is 0.481 e. The number of carbonyl (C=O) groups is 2. The van der Waals surface area contributed by atoms with Crippen LogP contribution in [0.1, 0.15) is 29.0 Å². The molecule has 1 aromatic heterocycles. The Morgan fingerprint density at radius 3 is 2.55 bits per heavy atom. The minimum atomic E-state index is -0.883. The molecule has 2 rings (SSSR count). The van der Waals surface area contributed by atoms with Crippen LogP contribution in [0.25, 0.3) is 0 Å². The van der Waals surface area contributed by atoms with E-state index >= 15 is 0 Å². The molecule has 2 N–H and O–H groups in total. The minimum absolute atomic E-state index is 0.00287. The molecule has 116 valence electrons. The summed E-state index contributed by atoms with van der Waals surface area (Å²) in [5, 5.41) is 11.7. The molecular weight excluding hydrogens is 350 g/mol. The summed E-state index contributed by atoms with van der Waals surface area (Å²) >= 11 is 3.24. The van der Waals surface area contributed by atoms with Gasteiger partial charge in [0.15, 0.2) is 0 Å². The van der Waals surface area contributed by atoms with E-state index in [0.717, 1.165) is 5.56 Å². The van der Waals surface area contributed by atoms with Crippen molar-refractivity contribution in [2.75, 3.05) is 0 Å². The molecule has 1 heterocycles. The molecule has 1 aromatic carbocycles. The number of halogens is 1. The molecule has 6 heteroatoms. The first-order valence-electron chi connectivity index (χ1n) is 6.86. The number of aliphatic carboxylic acids is 1. The maximum absolute atomic E-state index is 12.2. The molecule has 1 amide bonds. The van der Waals surface area contributed by atoms with Gasteiger partial charge in [-0.3, -0.25) is 9.59 Å². The van der Waals surface area contributed by atoms with Crippen molar-refractivity contribution in [2.24, 2.45) is 0 Å². The Morgan fingerprint density at radius 2 is 1.95 bits per heavy atom. The van der Waals surface area contributed by atoms with Gasteiger partial charge in [-0.25, -0.2) is 0 Å². The zero-order valence-electron chi connectivity index (χ0n) is 11.8. The second kappa shape index (κ2) is 7.79. The normalized spacial score (nSPS) is 11.9. The van der Waals surface area contributed by atoms with Crippen molar-refractivity contribution in [3.05, 3.63) is 58.5 Å². The predicted octanol–water partition coefficient (Wildman–Crippen LogP) is 3.25. The lowest BCUT2D eigenvalue weighted by Crippen LogP contribution is -2.36. The van der Waals surface area contributed by atoms with E-state index in [2.05, 4.69) is 21.2 Å². The summed E-state index contributed by atoms with van der Waals surface area (Å²) in [5.74, 6) is -1.05. The predicted molar refractivity (Wildman–Crippen MR) is 84.7 cm³/mol. The van der Waals surface area contributed by atoms with Crippen LogP contribution in [0.2, 0.25) is 0 Å². The second-order valence-electron chi connectivity index (χ2n) is 4.89. The average molecular weight is 366 g/mol. The Morgan fingerprint density at radius 1 is 1.23 bits per heavy atom. The lowest BCUT2D eigenvalue weighted by atomic mass is 10.0. The summed E-state index contributed by atoms with van der Waals surface area (Å²) in [6.45, 7) is 0. The molecule has 1 unspecified atom stereocenters. The number of rotatable bonds is 7. The molecule has 0 bridgehead atoms. The molecule has 0 fully saturated rings. The van der Waals surface area contributed by atoms with E-state index < -0.39 is 5.97 Å².